The third kappa shape index (κ3) is 4.48. The number of rotatable bonds is 7. The Hall–Kier alpha value is -2.82. The molecular formula is C22H27N3O2. The Bertz CT molecular complexity index is 780. The van der Waals surface area contributed by atoms with Crippen molar-refractivity contribution in [1.29, 1.82) is 0 Å². The SMILES string of the molecule is CCN(CC)c1ccc(CNC(=O)c2ccc(N3CCCC3=O)cc2)cc1. The van der Waals surface area contributed by atoms with Gasteiger partial charge in [-0.05, 0) is 62.2 Å². The molecule has 0 radical (unpaired) electrons. The summed E-state index contributed by atoms with van der Waals surface area (Å²) in [5, 5.41) is 2.96. The van der Waals surface area contributed by atoms with Crippen LogP contribution in [-0.2, 0) is 11.3 Å². The zero-order chi connectivity index (χ0) is 19.2. The Morgan fingerprint density at radius 1 is 1.04 bits per heavy atom. The maximum absolute atomic E-state index is 12.4. The summed E-state index contributed by atoms with van der Waals surface area (Å²) in [6.07, 6.45) is 1.50. The average Bonchev–Trinajstić information content (AvgIpc) is 3.14. The molecular weight excluding hydrogens is 338 g/mol. The molecule has 0 bridgehead atoms. The summed E-state index contributed by atoms with van der Waals surface area (Å²) in [5.74, 6) is 0.0440. The maximum atomic E-state index is 12.4. The number of nitrogens with one attached hydrogen (secondary N) is 1. The molecule has 27 heavy (non-hydrogen) atoms. The van der Waals surface area contributed by atoms with Gasteiger partial charge < -0.3 is 15.1 Å². The molecule has 1 aliphatic rings. The van der Waals surface area contributed by atoms with E-state index in [-0.39, 0.29) is 11.8 Å². The Kier molecular flexibility index (Phi) is 6.12. The summed E-state index contributed by atoms with van der Waals surface area (Å²) in [6, 6.07) is 15.5. The number of nitrogens with zero attached hydrogens (tertiary/aromatic N) is 2. The number of amides is 2. The third-order valence-electron chi connectivity index (χ3n) is 5.03. The number of hydrogen-bond acceptors (Lipinski definition) is 3. The first-order valence-corrected chi connectivity index (χ1v) is 9.65. The predicted molar refractivity (Wildman–Crippen MR) is 109 cm³/mol. The van der Waals surface area contributed by atoms with Gasteiger partial charge in [0.2, 0.25) is 5.91 Å². The summed E-state index contributed by atoms with van der Waals surface area (Å²) in [5.41, 5.74) is 3.73. The number of anilines is 2. The van der Waals surface area contributed by atoms with Gasteiger partial charge in [-0.1, -0.05) is 12.1 Å². The molecule has 5 nitrogen and oxygen atoms in total. The van der Waals surface area contributed by atoms with E-state index in [9.17, 15) is 9.59 Å². The van der Waals surface area contributed by atoms with E-state index in [1.807, 2.05) is 12.1 Å². The number of carbonyl (C=O) groups is 2. The van der Waals surface area contributed by atoms with Crippen LogP contribution in [-0.4, -0.2) is 31.4 Å². The molecule has 0 atom stereocenters. The first-order chi connectivity index (χ1) is 13.1. The lowest BCUT2D eigenvalue weighted by Crippen LogP contribution is -2.25. The van der Waals surface area contributed by atoms with Crippen LogP contribution in [0.4, 0.5) is 11.4 Å². The first-order valence-electron chi connectivity index (χ1n) is 9.65. The lowest BCUT2D eigenvalue weighted by molar-refractivity contribution is -0.117. The van der Waals surface area contributed by atoms with Gasteiger partial charge >= 0.3 is 0 Å². The molecule has 2 amide bonds. The Balaban J connectivity index is 1.56. The van der Waals surface area contributed by atoms with Crippen LogP contribution in [0.1, 0.15) is 42.6 Å². The Morgan fingerprint density at radius 2 is 1.70 bits per heavy atom. The van der Waals surface area contributed by atoms with Crippen molar-refractivity contribution < 1.29 is 9.59 Å². The molecule has 1 aliphatic heterocycles. The minimum Gasteiger partial charge on any atom is -0.372 e. The molecule has 0 aromatic heterocycles. The minimum atomic E-state index is -0.109. The number of carbonyl (C=O) groups excluding carboxylic acids is 2. The summed E-state index contributed by atoms with van der Waals surface area (Å²) in [7, 11) is 0. The summed E-state index contributed by atoms with van der Waals surface area (Å²) < 4.78 is 0. The molecule has 1 saturated heterocycles. The van der Waals surface area contributed by atoms with Crippen LogP contribution >= 0.6 is 0 Å². The molecule has 1 N–H and O–H groups in total. The predicted octanol–water partition coefficient (Wildman–Crippen LogP) is 3.59. The summed E-state index contributed by atoms with van der Waals surface area (Å²) in [4.78, 5) is 28.2. The smallest absolute Gasteiger partial charge is 0.251 e. The molecule has 2 aromatic carbocycles. The highest BCUT2D eigenvalue weighted by Gasteiger charge is 2.21. The Morgan fingerprint density at radius 3 is 2.26 bits per heavy atom. The molecule has 0 unspecified atom stereocenters. The van der Waals surface area contributed by atoms with Crippen molar-refractivity contribution in [2.75, 3.05) is 29.4 Å². The van der Waals surface area contributed by atoms with Crippen molar-refractivity contribution >= 4 is 23.2 Å². The minimum absolute atomic E-state index is 0.109. The van der Waals surface area contributed by atoms with Crippen LogP contribution in [0, 0.1) is 0 Å². The molecule has 0 saturated carbocycles. The van der Waals surface area contributed by atoms with Gasteiger partial charge in [0.15, 0.2) is 0 Å². The summed E-state index contributed by atoms with van der Waals surface area (Å²) in [6.45, 7) is 7.49. The fraction of sp³-hybridized carbons (Fsp3) is 0.364. The fourth-order valence-corrected chi connectivity index (χ4v) is 3.41. The molecule has 142 valence electrons. The van der Waals surface area contributed by atoms with Gasteiger partial charge in [-0.25, -0.2) is 0 Å². The van der Waals surface area contributed by atoms with Crippen LogP contribution in [0.5, 0.6) is 0 Å². The third-order valence-corrected chi connectivity index (χ3v) is 5.03. The van der Waals surface area contributed by atoms with Gasteiger partial charge in [-0.15, -0.1) is 0 Å². The standard InChI is InChI=1S/C22H27N3O2/c1-3-24(4-2)19-11-7-17(8-12-19)16-23-22(27)18-9-13-20(14-10-18)25-15-5-6-21(25)26/h7-14H,3-6,15-16H2,1-2H3,(H,23,27). The first kappa shape index (κ1) is 19.0. The van der Waals surface area contributed by atoms with Gasteiger partial charge in [0.1, 0.15) is 0 Å². The largest absolute Gasteiger partial charge is 0.372 e. The molecule has 5 heteroatoms. The van der Waals surface area contributed by atoms with Crippen LogP contribution in [0.15, 0.2) is 48.5 Å². The Labute approximate surface area is 161 Å². The van der Waals surface area contributed by atoms with Gasteiger partial charge in [-0.3, -0.25) is 9.59 Å². The van der Waals surface area contributed by atoms with Crippen LogP contribution in [0.3, 0.4) is 0 Å². The van der Waals surface area contributed by atoms with Crippen LogP contribution < -0.4 is 15.1 Å². The molecule has 0 spiro atoms. The van der Waals surface area contributed by atoms with Crippen molar-refractivity contribution in [3.8, 4) is 0 Å². The topological polar surface area (TPSA) is 52.7 Å². The lowest BCUT2D eigenvalue weighted by Gasteiger charge is -2.21. The quantitative estimate of drug-likeness (QED) is 0.816. The second-order valence-electron chi connectivity index (χ2n) is 6.72. The second kappa shape index (κ2) is 8.71. The van der Waals surface area contributed by atoms with Crippen molar-refractivity contribution in [1.82, 2.24) is 5.32 Å². The van der Waals surface area contributed by atoms with Gasteiger partial charge in [0, 0.05) is 49.5 Å². The highest BCUT2D eigenvalue weighted by Crippen LogP contribution is 2.21. The zero-order valence-corrected chi connectivity index (χ0v) is 16.1. The van der Waals surface area contributed by atoms with Crippen LogP contribution in [0.2, 0.25) is 0 Å². The van der Waals surface area contributed by atoms with E-state index in [0.29, 0.717) is 18.5 Å². The van der Waals surface area contributed by atoms with E-state index >= 15 is 0 Å². The average molecular weight is 365 g/mol. The maximum Gasteiger partial charge on any atom is 0.251 e. The van der Waals surface area contributed by atoms with E-state index in [1.165, 1.54) is 5.69 Å². The summed E-state index contributed by atoms with van der Waals surface area (Å²) >= 11 is 0. The zero-order valence-electron chi connectivity index (χ0n) is 16.1. The highest BCUT2D eigenvalue weighted by molar-refractivity contribution is 5.97. The van der Waals surface area contributed by atoms with Crippen molar-refractivity contribution in [2.24, 2.45) is 0 Å². The number of hydrogen-bond donors (Lipinski definition) is 1. The van der Waals surface area contributed by atoms with Crippen LogP contribution in [0.25, 0.3) is 0 Å². The van der Waals surface area contributed by atoms with E-state index in [2.05, 4.69) is 48.3 Å². The van der Waals surface area contributed by atoms with Crippen molar-refractivity contribution in [3.63, 3.8) is 0 Å². The van der Waals surface area contributed by atoms with Gasteiger partial charge in [0.05, 0.1) is 0 Å². The van der Waals surface area contributed by atoms with Gasteiger partial charge in [-0.2, -0.15) is 0 Å². The fourth-order valence-electron chi connectivity index (χ4n) is 3.41. The van der Waals surface area contributed by atoms with E-state index in [0.717, 1.165) is 37.3 Å². The molecule has 1 fully saturated rings. The normalized spacial score (nSPS) is 13.7. The molecule has 0 aliphatic carbocycles. The second-order valence-corrected chi connectivity index (χ2v) is 6.72. The molecule has 2 aromatic rings. The molecule has 1 heterocycles. The van der Waals surface area contributed by atoms with Gasteiger partial charge in [0.25, 0.3) is 5.91 Å². The molecule has 3 rings (SSSR count). The van der Waals surface area contributed by atoms with E-state index < -0.39 is 0 Å². The van der Waals surface area contributed by atoms with E-state index in [4.69, 9.17) is 0 Å². The van der Waals surface area contributed by atoms with E-state index in [1.54, 1.807) is 17.0 Å². The highest BCUT2D eigenvalue weighted by atomic mass is 16.2. The number of benzene rings is 2. The van der Waals surface area contributed by atoms with Crippen molar-refractivity contribution in [2.45, 2.75) is 33.2 Å². The lowest BCUT2D eigenvalue weighted by atomic mass is 10.1. The van der Waals surface area contributed by atoms with Crippen molar-refractivity contribution in [3.05, 3.63) is 59.7 Å². The monoisotopic (exact) mass is 365 g/mol.